The molecular weight excluding hydrogens is 450 g/mol. The van der Waals surface area contributed by atoms with Gasteiger partial charge in [-0.15, -0.1) is 0 Å². The van der Waals surface area contributed by atoms with Crippen molar-refractivity contribution in [3.05, 3.63) is 29.3 Å². The van der Waals surface area contributed by atoms with Crippen molar-refractivity contribution in [3.63, 3.8) is 0 Å². The predicted octanol–water partition coefficient (Wildman–Crippen LogP) is 4.57. The number of rotatable bonds is 7. The smallest absolute Gasteiger partial charge is 0.410 e. The number of carbonyl (C=O) groups is 1. The van der Waals surface area contributed by atoms with E-state index < -0.39 is 16.1 Å². The summed E-state index contributed by atoms with van der Waals surface area (Å²) in [5.74, 6) is 0.0917. The van der Waals surface area contributed by atoms with E-state index in [2.05, 4.69) is 31.7 Å². The molecule has 0 radical (unpaired) electrons. The molecule has 2 fully saturated rings. The Morgan fingerprint density at radius 1 is 1.03 bits per heavy atom. The second-order valence-corrected chi connectivity index (χ2v) is 12.1. The molecule has 0 bridgehead atoms. The first-order chi connectivity index (χ1) is 16.3. The van der Waals surface area contributed by atoms with Crippen molar-refractivity contribution in [3.8, 4) is 0 Å². The lowest BCUT2D eigenvalue weighted by Crippen LogP contribution is -2.44. The fourth-order valence-corrected chi connectivity index (χ4v) is 7.60. The normalized spacial score (nSPS) is 26.2. The third kappa shape index (κ3) is 5.44. The lowest BCUT2D eigenvalue weighted by molar-refractivity contribution is 0.116. The molecule has 34 heavy (non-hydrogen) atoms. The standard InChI is InChI=1S/C26H41N3O4S/c1-4-27(5-2)17-21-13-14-25-24(15-21)20(3)16-28(34(25,31)32)18-23-19-29(26(30)33-23)22-11-9-7-6-8-10-12-22/h13-15,20,22-23H,4-12,16-19H2,1-3H3/t20-,23+/m0/s1. The number of hydrogen-bond acceptors (Lipinski definition) is 5. The Morgan fingerprint density at radius 2 is 1.71 bits per heavy atom. The molecule has 4 rings (SSSR count). The largest absolute Gasteiger partial charge is 0.443 e. The molecule has 1 aliphatic carbocycles. The van der Waals surface area contributed by atoms with E-state index in [-0.39, 0.29) is 24.6 Å². The van der Waals surface area contributed by atoms with Crippen LogP contribution in [0.4, 0.5) is 4.79 Å². The number of hydrogen-bond donors (Lipinski definition) is 0. The van der Waals surface area contributed by atoms with E-state index in [1.807, 2.05) is 11.0 Å². The van der Waals surface area contributed by atoms with Crippen molar-refractivity contribution in [1.82, 2.24) is 14.1 Å². The maximum Gasteiger partial charge on any atom is 0.410 e. The number of ether oxygens (including phenoxy) is 1. The fraction of sp³-hybridized carbons (Fsp3) is 0.731. The van der Waals surface area contributed by atoms with Gasteiger partial charge in [0.2, 0.25) is 10.0 Å². The van der Waals surface area contributed by atoms with E-state index in [0.29, 0.717) is 18.0 Å². The third-order valence-corrected chi connectivity index (χ3v) is 9.73. The Morgan fingerprint density at radius 3 is 2.38 bits per heavy atom. The quantitative estimate of drug-likeness (QED) is 0.559. The zero-order valence-corrected chi connectivity index (χ0v) is 21.9. The number of sulfonamides is 1. The first kappa shape index (κ1) is 25.5. The molecule has 2 atom stereocenters. The van der Waals surface area contributed by atoms with Gasteiger partial charge >= 0.3 is 6.09 Å². The van der Waals surface area contributed by atoms with Crippen LogP contribution in [-0.4, -0.2) is 73.5 Å². The Kier molecular flexibility index (Phi) is 8.20. The van der Waals surface area contributed by atoms with Gasteiger partial charge in [0.15, 0.2) is 0 Å². The maximum atomic E-state index is 13.5. The molecule has 8 heteroatoms. The Labute approximate surface area is 205 Å². The molecule has 1 saturated carbocycles. The van der Waals surface area contributed by atoms with Crippen LogP contribution in [0.3, 0.4) is 0 Å². The van der Waals surface area contributed by atoms with Crippen LogP contribution < -0.4 is 0 Å². The summed E-state index contributed by atoms with van der Waals surface area (Å²) in [5, 5.41) is 0. The zero-order valence-electron chi connectivity index (χ0n) is 21.0. The average molecular weight is 492 g/mol. The number of benzene rings is 1. The first-order valence-corrected chi connectivity index (χ1v) is 14.6. The highest BCUT2D eigenvalue weighted by Gasteiger charge is 2.41. The van der Waals surface area contributed by atoms with Crippen molar-refractivity contribution in [2.24, 2.45) is 0 Å². The maximum absolute atomic E-state index is 13.5. The number of amides is 1. The lowest BCUT2D eigenvalue weighted by atomic mass is 9.96. The van der Waals surface area contributed by atoms with Gasteiger partial charge in [-0.3, -0.25) is 4.90 Å². The van der Waals surface area contributed by atoms with Crippen LogP contribution in [-0.2, 0) is 21.3 Å². The van der Waals surface area contributed by atoms with Gasteiger partial charge in [0.25, 0.3) is 0 Å². The highest BCUT2D eigenvalue weighted by Crippen LogP contribution is 2.35. The van der Waals surface area contributed by atoms with Gasteiger partial charge in [0, 0.05) is 19.1 Å². The van der Waals surface area contributed by atoms with Crippen LogP contribution >= 0.6 is 0 Å². The van der Waals surface area contributed by atoms with E-state index in [1.54, 1.807) is 6.07 Å². The molecule has 0 aromatic heterocycles. The molecule has 1 saturated heterocycles. The van der Waals surface area contributed by atoms with Crippen molar-refractivity contribution < 1.29 is 17.9 Å². The van der Waals surface area contributed by atoms with Crippen LogP contribution in [0.2, 0.25) is 0 Å². The molecule has 1 aromatic carbocycles. The van der Waals surface area contributed by atoms with Crippen molar-refractivity contribution >= 4 is 16.1 Å². The third-order valence-electron chi connectivity index (χ3n) is 7.83. The van der Waals surface area contributed by atoms with Crippen LogP contribution in [0.25, 0.3) is 0 Å². The summed E-state index contributed by atoms with van der Waals surface area (Å²) in [6, 6.07) is 6.00. The number of carbonyl (C=O) groups excluding carboxylic acids is 1. The molecule has 1 amide bonds. The van der Waals surface area contributed by atoms with Gasteiger partial charge in [-0.25, -0.2) is 13.2 Å². The first-order valence-electron chi connectivity index (χ1n) is 13.2. The van der Waals surface area contributed by atoms with E-state index in [0.717, 1.165) is 56.4 Å². The van der Waals surface area contributed by atoms with E-state index in [4.69, 9.17) is 4.74 Å². The molecule has 2 heterocycles. The lowest BCUT2D eigenvalue weighted by Gasteiger charge is -2.34. The Balaban J connectivity index is 1.45. The summed E-state index contributed by atoms with van der Waals surface area (Å²) in [4.78, 5) is 17.2. The minimum atomic E-state index is -3.62. The molecule has 0 spiro atoms. The summed E-state index contributed by atoms with van der Waals surface area (Å²) >= 11 is 0. The van der Waals surface area contributed by atoms with Crippen LogP contribution in [0.15, 0.2) is 23.1 Å². The van der Waals surface area contributed by atoms with E-state index in [9.17, 15) is 13.2 Å². The van der Waals surface area contributed by atoms with Crippen molar-refractivity contribution in [2.45, 2.75) is 95.2 Å². The van der Waals surface area contributed by atoms with Crippen LogP contribution in [0.1, 0.15) is 82.8 Å². The molecule has 1 aromatic rings. The Hall–Kier alpha value is -1.64. The molecule has 2 aliphatic heterocycles. The second kappa shape index (κ2) is 11.0. The van der Waals surface area contributed by atoms with Crippen LogP contribution in [0.5, 0.6) is 0 Å². The number of nitrogens with zero attached hydrogens (tertiary/aromatic N) is 3. The second-order valence-electron chi connectivity index (χ2n) is 10.2. The molecule has 0 N–H and O–H groups in total. The van der Waals surface area contributed by atoms with Gasteiger partial charge in [-0.2, -0.15) is 4.31 Å². The average Bonchev–Trinajstić information content (AvgIpc) is 3.15. The molecule has 3 aliphatic rings. The highest BCUT2D eigenvalue weighted by atomic mass is 32.2. The molecule has 0 unspecified atom stereocenters. The molecule has 7 nitrogen and oxygen atoms in total. The SMILES string of the molecule is CCN(CC)Cc1ccc2c(c1)[C@@H](C)CN(C[C@@H]1CN(C3CCCCCCC3)C(=O)O1)S2(=O)=O. The summed E-state index contributed by atoms with van der Waals surface area (Å²) in [6.07, 6.45) is 7.36. The predicted molar refractivity (Wildman–Crippen MR) is 133 cm³/mol. The van der Waals surface area contributed by atoms with Gasteiger partial charge in [-0.1, -0.05) is 65.0 Å². The van der Waals surface area contributed by atoms with Crippen molar-refractivity contribution in [1.29, 1.82) is 0 Å². The minimum Gasteiger partial charge on any atom is -0.443 e. The summed E-state index contributed by atoms with van der Waals surface area (Å²) in [6.45, 7) is 10.3. The van der Waals surface area contributed by atoms with Crippen molar-refractivity contribution in [2.75, 3.05) is 32.7 Å². The number of fused-ring (bicyclic) bond motifs is 1. The van der Waals surface area contributed by atoms with Gasteiger partial charge < -0.3 is 9.64 Å². The fourth-order valence-electron chi connectivity index (χ4n) is 5.74. The summed E-state index contributed by atoms with van der Waals surface area (Å²) in [5.41, 5.74) is 2.05. The molecular formula is C26H41N3O4S. The van der Waals surface area contributed by atoms with E-state index in [1.165, 1.54) is 23.6 Å². The van der Waals surface area contributed by atoms with Gasteiger partial charge in [0.05, 0.1) is 18.0 Å². The summed E-state index contributed by atoms with van der Waals surface area (Å²) in [7, 11) is -3.62. The zero-order chi connectivity index (χ0) is 24.3. The molecule has 190 valence electrons. The Bertz CT molecular complexity index is 955. The highest BCUT2D eigenvalue weighted by molar-refractivity contribution is 7.89. The monoisotopic (exact) mass is 491 g/mol. The summed E-state index contributed by atoms with van der Waals surface area (Å²) < 4.78 is 34.2. The van der Waals surface area contributed by atoms with E-state index >= 15 is 0 Å². The van der Waals surface area contributed by atoms with Gasteiger partial charge in [-0.05, 0) is 49.0 Å². The minimum absolute atomic E-state index is 0.0917. The topological polar surface area (TPSA) is 70.2 Å². The van der Waals surface area contributed by atoms with Gasteiger partial charge in [0.1, 0.15) is 6.10 Å². The number of cyclic esters (lactones) is 1. The van der Waals surface area contributed by atoms with Crippen LogP contribution in [0, 0.1) is 0 Å².